The second-order valence-electron chi connectivity index (χ2n) is 5.73. The molecule has 0 unspecified atom stereocenters. The third kappa shape index (κ3) is 3.98. The van der Waals surface area contributed by atoms with Crippen LogP contribution in [0.4, 0.5) is 4.39 Å². The van der Waals surface area contributed by atoms with Crippen LogP contribution in [0.25, 0.3) is 0 Å². The number of benzene rings is 1. The van der Waals surface area contributed by atoms with Gasteiger partial charge in [0.15, 0.2) is 0 Å². The predicted molar refractivity (Wildman–Crippen MR) is 80.6 cm³/mol. The van der Waals surface area contributed by atoms with Crippen molar-refractivity contribution in [2.75, 3.05) is 6.54 Å². The van der Waals surface area contributed by atoms with Gasteiger partial charge in [-0.05, 0) is 36.5 Å². The van der Waals surface area contributed by atoms with Crippen LogP contribution < -0.4 is 5.73 Å². The van der Waals surface area contributed by atoms with Crippen LogP contribution in [0, 0.1) is 11.7 Å². The number of thiocarbonyl (C=S) groups is 1. The zero-order valence-electron chi connectivity index (χ0n) is 11.5. The van der Waals surface area contributed by atoms with Crippen molar-refractivity contribution >= 4 is 17.2 Å². The van der Waals surface area contributed by atoms with Crippen LogP contribution in [0.1, 0.15) is 37.8 Å². The van der Waals surface area contributed by atoms with E-state index in [1.54, 1.807) is 6.07 Å². The molecule has 0 spiro atoms. The summed E-state index contributed by atoms with van der Waals surface area (Å²) >= 11 is 4.88. The number of nitrogens with two attached hydrogens (primary N) is 1. The van der Waals surface area contributed by atoms with E-state index in [-0.39, 0.29) is 10.8 Å². The highest BCUT2D eigenvalue weighted by Gasteiger charge is 2.29. The lowest BCUT2D eigenvalue weighted by molar-refractivity contribution is 0.226. The highest BCUT2D eigenvalue weighted by atomic mass is 32.1. The van der Waals surface area contributed by atoms with Gasteiger partial charge in [-0.3, -0.25) is 4.90 Å². The fourth-order valence-corrected chi connectivity index (χ4v) is 2.50. The van der Waals surface area contributed by atoms with Gasteiger partial charge in [0, 0.05) is 24.7 Å². The normalized spacial score (nSPS) is 15.2. The largest absolute Gasteiger partial charge is 0.389 e. The summed E-state index contributed by atoms with van der Waals surface area (Å²) in [6, 6.07) is 5.77. The number of hydrogen-bond acceptors (Lipinski definition) is 2. The first-order chi connectivity index (χ1) is 8.97. The highest BCUT2D eigenvalue weighted by molar-refractivity contribution is 7.80. The first-order valence-electron chi connectivity index (χ1n) is 6.79. The molecular formula is C15H21FN2S. The van der Waals surface area contributed by atoms with E-state index in [9.17, 15) is 4.39 Å². The summed E-state index contributed by atoms with van der Waals surface area (Å²) in [5.41, 5.74) is 6.98. The highest BCUT2D eigenvalue weighted by Crippen LogP contribution is 2.29. The van der Waals surface area contributed by atoms with Crippen molar-refractivity contribution in [3.05, 3.63) is 35.1 Å². The Kier molecular flexibility index (Phi) is 4.53. The van der Waals surface area contributed by atoms with Gasteiger partial charge in [-0.2, -0.15) is 0 Å². The first kappa shape index (κ1) is 14.4. The molecule has 1 aromatic carbocycles. The van der Waals surface area contributed by atoms with Crippen LogP contribution in [-0.2, 0) is 6.54 Å². The Bertz CT molecular complexity index is 469. The van der Waals surface area contributed by atoms with Crippen LogP contribution >= 0.6 is 12.2 Å². The topological polar surface area (TPSA) is 29.3 Å². The molecule has 0 radical (unpaired) electrons. The van der Waals surface area contributed by atoms with E-state index in [2.05, 4.69) is 18.7 Å². The molecule has 2 rings (SSSR count). The molecule has 0 heterocycles. The Hall–Kier alpha value is -1.00. The first-order valence-corrected chi connectivity index (χ1v) is 7.20. The minimum Gasteiger partial charge on any atom is -0.389 e. The van der Waals surface area contributed by atoms with Crippen LogP contribution in [-0.4, -0.2) is 22.5 Å². The summed E-state index contributed by atoms with van der Waals surface area (Å²) in [7, 11) is 0. The zero-order valence-corrected chi connectivity index (χ0v) is 12.3. The van der Waals surface area contributed by atoms with Crippen LogP contribution in [0.3, 0.4) is 0 Å². The number of nitrogens with zero attached hydrogens (tertiary/aromatic N) is 1. The second-order valence-corrected chi connectivity index (χ2v) is 6.17. The zero-order chi connectivity index (χ0) is 14.0. The maximum absolute atomic E-state index is 13.6. The Morgan fingerprint density at radius 1 is 1.47 bits per heavy atom. The molecule has 2 N–H and O–H groups in total. The van der Waals surface area contributed by atoms with Gasteiger partial charge in [-0.1, -0.05) is 32.1 Å². The fourth-order valence-electron chi connectivity index (χ4n) is 2.35. The Morgan fingerprint density at radius 3 is 2.68 bits per heavy atom. The third-order valence-corrected chi connectivity index (χ3v) is 3.56. The molecule has 1 aliphatic rings. The van der Waals surface area contributed by atoms with Crippen molar-refractivity contribution in [2.24, 2.45) is 11.7 Å². The summed E-state index contributed by atoms with van der Waals surface area (Å²) in [5.74, 6) is 0.300. The molecule has 4 heteroatoms. The van der Waals surface area contributed by atoms with Crippen LogP contribution in [0.15, 0.2) is 18.2 Å². The molecule has 2 nitrogen and oxygen atoms in total. The van der Waals surface area contributed by atoms with E-state index in [1.165, 1.54) is 18.9 Å². The summed E-state index contributed by atoms with van der Waals surface area (Å²) in [6.45, 7) is 6.37. The number of rotatable bonds is 6. The van der Waals surface area contributed by atoms with E-state index in [0.29, 0.717) is 17.5 Å². The van der Waals surface area contributed by atoms with Crippen molar-refractivity contribution < 1.29 is 4.39 Å². The average Bonchev–Trinajstić information content (AvgIpc) is 3.13. The van der Waals surface area contributed by atoms with Gasteiger partial charge in [-0.25, -0.2) is 4.39 Å². The van der Waals surface area contributed by atoms with Gasteiger partial charge < -0.3 is 5.73 Å². The maximum atomic E-state index is 13.6. The molecule has 0 saturated heterocycles. The van der Waals surface area contributed by atoms with Gasteiger partial charge in [0.1, 0.15) is 10.8 Å². The molecule has 0 amide bonds. The standard InChI is InChI=1S/C15H21FN2S/c1-10(2)8-18(12-4-5-12)9-11-3-6-14(16)13(7-11)15(17)19/h3,6-7,10,12H,4-5,8-9H2,1-2H3,(H2,17,19). The van der Waals surface area contributed by atoms with Gasteiger partial charge in [0.05, 0.1) is 0 Å². The van der Waals surface area contributed by atoms with Crippen LogP contribution in [0.5, 0.6) is 0 Å². The second kappa shape index (κ2) is 5.97. The van der Waals surface area contributed by atoms with E-state index >= 15 is 0 Å². The van der Waals surface area contributed by atoms with Crippen molar-refractivity contribution in [1.29, 1.82) is 0 Å². The average molecular weight is 280 g/mol. The SMILES string of the molecule is CC(C)CN(Cc1ccc(F)c(C(N)=S)c1)C1CC1. The summed E-state index contributed by atoms with van der Waals surface area (Å²) < 4.78 is 13.6. The van der Waals surface area contributed by atoms with Crippen molar-refractivity contribution in [1.82, 2.24) is 4.90 Å². The molecule has 1 aromatic rings. The van der Waals surface area contributed by atoms with Crippen molar-refractivity contribution in [3.8, 4) is 0 Å². The molecule has 0 aliphatic heterocycles. The van der Waals surface area contributed by atoms with Gasteiger partial charge in [0.2, 0.25) is 0 Å². The minimum absolute atomic E-state index is 0.126. The predicted octanol–water partition coefficient (Wildman–Crippen LogP) is 3.08. The van der Waals surface area contributed by atoms with Gasteiger partial charge >= 0.3 is 0 Å². The lowest BCUT2D eigenvalue weighted by Crippen LogP contribution is -2.29. The van der Waals surface area contributed by atoms with E-state index in [1.807, 2.05) is 6.07 Å². The molecule has 19 heavy (non-hydrogen) atoms. The fraction of sp³-hybridized carbons (Fsp3) is 0.533. The molecular weight excluding hydrogens is 259 g/mol. The summed E-state index contributed by atoms with van der Waals surface area (Å²) in [5, 5.41) is 0. The molecule has 0 aromatic heterocycles. The van der Waals surface area contributed by atoms with Gasteiger partial charge in [-0.15, -0.1) is 0 Å². The van der Waals surface area contributed by atoms with E-state index in [4.69, 9.17) is 18.0 Å². The molecule has 104 valence electrons. The molecule has 1 fully saturated rings. The monoisotopic (exact) mass is 280 g/mol. The number of hydrogen-bond donors (Lipinski definition) is 1. The van der Waals surface area contributed by atoms with Crippen LogP contribution in [0.2, 0.25) is 0 Å². The summed E-state index contributed by atoms with van der Waals surface area (Å²) in [6.07, 6.45) is 2.55. The van der Waals surface area contributed by atoms with Crippen molar-refractivity contribution in [3.63, 3.8) is 0 Å². The lowest BCUT2D eigenvalue weighted by atomic mass is 10.1. The smallest absolute Gasteiger partial charge is 0.133 e. The molecule has 1 saturated carbocycles. The Balaban J connectivity index is 2.12. The quantitative estimate of drug-likeness (QED) is 0.812. The minimum atomic E-state index is -0.335. The van der Waals surface area contributed by atoms with Gasteiger partial charge in [0.25, 0.3) is 0 Å². The lowest BCUT2D eigenvalue weighted by Gasteiger charge is -2.24. The Morgan fingerprint density at radius 2 is 2.16 bits per heavy atom. The van der Waals surface area contributed by atoms with Crippen molar-refractivity contribution in [2.45, 2.75) is 39.3 Å². The molecule has 0 atom stereocenters. The molecule has 0 bridgehead atoms. The Labute approximate surface area is 119 Å². The number of halogens is 1. The molecule has 1 aliphatic carbocycles. The maximum Gasteiger partial charge on any atom is 0.133 e. The summed E-state index contributed by atoms with van der Waals surface area (Å²) in [4.78, 5) is 2.60. The van der Waals surface area contributed by atoms with E-state index < -0.39 is 0 Å². The third-order valence-electron chi connectivity index (χ3n) is 3.34. The van der Waals surface area contributed by atoms with E-state index in [0.717, 1.165) is 18.7 Å².